The number of hydrogen-bond acceptors (Lipinski definition) is 4. The lowest BCUT2D eigenvalue weighted by atomic mass is 9.82. The largest absolute Gasteiger partial charge is 0.482 e. The van der Waals surface area contributed by atoms with Gasteiger partial charge < -0.3 is 19.6 Å². The van der Waals surface area contributed by atoms with Gasteiger partial charge >= 0.3 is 0 Å². The summed E-state index contributed by atoms with van der Waals surface area (Å²) in [5.41, 5.74) is 0.834. The molecule has 1 N–H and O–H groups in total. The number of ether oxygens (including phenoxy) is 1. The van der Waals surface area contributed by atoms with Crippen molar-refractivity contribution in [2.45, 2.75) is 25.4 Å². The van der Waals surface area contributed by atoms with Crippen molar-refractivity contribution in [3.63, 3.8) is 0 Å². The Morgan fingerprint density at radius 2 is 1.96 bits per heavy atom. The van der Waals surface area contributed by atoms with E-state index < -0.39 is 6.10 Å². The van der Waals surface area contributed by atoms with Crippen molar-refractivity contribution in [2.24, 2.45) is 11.8 Å². The van der Waals surface area contributed by atoms with Crippen molar-refractivity contribution in [3.05, 3.63) is 47.9 Å². The maximum atomic E-state index is 12.3. The van der Waals surface area contributed by atoms with Crippen molar-refractivity contribution in [1.29, 1.82) is 0 Å². The first-order valence-electron chi connectivity index (χ1n) is 9.30. The maximum absolute atomic E-state index is 12.3. The van der Waals surface area contributed by atoms with Crippen LogP contribution < -0.4 is 0 Å². The number of carbonyl (C=O) groups is 1. The smallest absolute Gasteiger partial charge is 0.265 e. The van der Waals surface area contributed by atoms with Gasteiger partial charge in [-0.25, -0.2) is 0 Å². The van der Waals surface area contributed by atoms with Crippen LogP contribution in [0.3, 0.4) is 0 Å². The number of carbonyl (C=O) groups excluding carboxylic acids is 1. The first-order chi connectivity index (χ1) is 12.2. The van der Waals surface area contributed by atoms with Crippen molar-refractivity contribution in [1.82, 2.24) is 9.80 Å². The van der Waals surface area contributed by atoms with Gasteiger partial charge in [0.15, 0.2) is 6.61 Å². The zero-order chi connectivity index (χ0) is 17.2. The molecule has 0 radical (unpaired) electrons. The molecule has 2 fully saturated rings. The number of rotatable bonds is 4. The molecule has 5 heteroatoms. The number of allylic oxidation sites excluding steroid dienone is 5. The van der Waals surface area contributed by atoms with Gasteiger partial charge in [-0.15, -0.1) is 0 Å². The lowest BCUT2D eigenvalue weighted by molar-refractivity contribution is -0.137. The number of amides is 1. The fourth-order valence-electron chi connectivity index (χ4n) is 4.23. The molecule has 3 atom stereocenters. The Bertz CT molecular complexity index is 649. The zero-order valence-corrected chi connectivity index (χ0v) is 14.5. The highest BCUT2D eigenvalue weighted by Crippen LogP contribution is 2.30. The van der Waals surface area contributed by atoms with Crippen LogP contribution in [0.15, 0.2) is 47.9 Å². The number of likely N-dealkylation sites (tertiary alicyclic amines) is 1. The Labute approximate surface area is 148 Å². The van der Waals surface area contributed by atoms with Crippen LogP contribution in [0, 0.1) is 11.8 Å². The molecule has 4 aliphatic rings. The van der Waals surface area contributed by atoms with Crippen LogP contribution in [0.5, 0.6) is 0 Å². The van der Waals surface area contributed by atoms with E-state index in [4.69, 9.17) is 4.74 Å². The molecule has 1 amide bonds. The number of aliphatic hydroxyl groups is 1. The minimum Gasteiger partial charge on any atom is -0.482 e. The van der Waals surface area contributed by atoms with Crippen LogP contribution in [-0.2, 0) is 9.53 Å². The van der Waals surface area contributed by atoms with Gasteiger partial charge in [0.05, 0.1) is 18.3 Å². The summed E-state index contributed by atoms with van der Waals surface area (Å²) >= 11 is 0. The number of hydrogen-bond donors (Lipinski definition) is 1. The molecule has 2 aliphatic heterocycles. The van der Waals surface area contributed by atoms with Gasteiger partial charge in [0.25, 0.3) is 5.91 Å². The highest BCUT2D eigenvalue weighted by atomic mass is 16.5. The van der Waals surface area contributed by atoms with Crippen LogP contribution in [0.2, 0.25) is 0 Å². The number of piperidine rings is 1. The summed E-state index contributed by atoms with van der Waals surface area (Å²) in [6.45, 7) is 3.00. The number of morpholine rings is 1. The van der Waals surface area contributed by atoms with Crippen molar-refractivity contribution in [3.8, 4) is 0 Å². The molecule has 0 bridgehead atoms. The fraction of sp³-hybridized carbons (Fsp3) is 0.550. The van der Waals surface area contributed by atoms with Crippen molar-refractivity contribution >= 4 is 5.91 Å². The molecular formula is C20H26N2O3. The molecule has 0 aromatic heterocycles. The van der Waals surface area contributed by atoms with E-state index in [0.29, 0.717) is 24.9 Å². The summed E-state index contributed by atoms with van der Waals surface area (Å²) in [7, 11) is 0. The number of aliphatic hydroxyl groups excluding tert-OH is 1. The topological polar surface area (TPSA) is 53.0 Å². The molecule has 0 aromatic rings. The van der Waals surface area contributed by atoms with Crippen LogP contribution >= 0.6 is 0 Å². The monoisotopic (exact) mass is 342 g/mol. The van der Waals surface area contributed by atoms with E-state index in [1.165, 1.54) is 0 Å². The average molecular weight is 342 g/mol. The second kappa shape index (κ2) is 7.18. The van der Waals surface area contributed by atoms with Crippen LogP contribution in [0.1, 0.15) is 19.3 Å². The number of fused-ring (bicyclic) bond motifs is 2. The molecule has 3 unspecified atom stereocenters. The Morgan fingerprint density at radius 1 is 1.16 bits per heavy atom. The third-order valence-electron chi connectivity index (χ3n) is 5.52. The van der Waals surface area contributed by atoms with Crippen molar-refractivity contribution < 1.29 is 14.6 Å². The summed E-state index contributed by atoms with van der Waals surface area (Å²) in [4.78, 5) is 16.3. The van der Waals surface area contributed by atoms with Gasteiger partial charge in [-0.1, -0.05) is 30.4 Å². The van der Waals surface area contributed by atoms with Gasteiger partial charge in [0.1, 0.15) is 5.76 Å². The first kappa shape index (κ1) is 16.6. The van der Waals surface area contributed by atoms with E-state index >= 15 is 0 Å². The number of β-amino-alcohol motifs (C(OH)–C–C–N with tert-alkyl or cyclic N) is 1. The Kier molecular flexibility index (Phi) is 4.77. The molecule has 0 spiro atoms. The van der Waals surface area contributed by atoms with Crippen molar-refractivity contribution in [2.75, 3.05) is 32.8 Å². The van der Waals surface area contributed by atoms with E-state index in [0.717, 1.165) is 43.8 Å². The van der Waals surface area contributed by atoms with E-state index in [-0.39, 0.29) is 12.5 Å². The second-order valence-electron chi connectivity index (χ2n) is 7.33. The second-order valence-corrected chi connectivity index (χ2v) is 7.33. The molecule has 134 valence electrons. The molecule has 5 nitrogen and oxygen atoms in total. The van der Waals surface area contributed by atoms with Gasteiger partial charge in [-0.05, 0) is 43.7 Å². The third-order valence-corrected chi connectivity index (χ3v) is 5.52. The highest BCUT2D eigenvalue weighted by Gasteiger charge is 2.32. The molecular weight excluding hydrogens is 316 g/mol. The van der Waals surface area contributed by atoms with Gasteiger partial charge in [0, 0.05) is 13.1 Å². The Hall–Kier alpha value is -1.85. The van der Waals surface area contributed by atoms with E-state index in [1.54, 1.807) is 4.90 Å². The molecule has 2 saturated heterocycles. The molecule has 4 rings (SSSR count). The van der Waals surface area contributed by atoms with Crippen LogP contribution in [0.25, 0.3) is 0 Å². The lowest BCUT2D eigenvalue weighted by Gasteiger charge is -2.39. The highest BCUT2D eigenvalue weighted by molar-refractivity contribution is 5.81. The third kappa shape index (κ3) is 3.58. The predicted molar refractivity (Wildman–Crippen MR) is 95.4 cm³/mol. The summed E-state index contributed by atoms with van der Waals surface area (Å²) < 4.78 is 5.51. The van der Waals surface area contributed by atoms with E-state index in [2.05, 4.69) is 29.2 Å². The fourth-order valence-corrected chi connectivity index (χ4v) is 4.23. The first-order valence-corrected chi connectivity index (χ1v) is 9.30. The SMILES string of the molecule is O=C1COC2=CCCC=C2N1CC(O)CN1CCC2C=CC=CC2C1. The summed E-state index contributed by atoms with van der Waals surface area (Å²) in [6.07, 6.45) is 15.4. The quantitative estimate of drug-likeness (QED) is 0.847. The predicted octanol–water partition coefficient (Wildman–Crippen LogP) is 1.83. The Balaban J connectivity index is 1.35. The van der Waals surface area contributed by atoms with Gasteiger partial charge in [-0.2, -0.15) is 0 Å². The maximum Gasteiger partial charge on any atom is 0.265 e. The normalized spacial score (nSPS) is 30.1. The molecule has 25 heavy (non-hydrogen) atoms. The van der Waals surface area contributed by atoms with E-state index in [9.17, 15) is 9.90 Å². The van der Waals surface area contributed by atoms with Crippen LogP contribution in [-0.4, -0.2) is 59.7 Å². The lowest BCUT2D eigenvalue weighted by Crippen LogP contribution is -2.48. The number of nitrogens with zero attached hydrogens (tertiary/aromatic N) is 2. The summed E-state index contributed by atoms with van der Waals surface area (Å²) in [6, 6.07) is 0. The molecule has 0 saturated carbocycles. The minimum atomic E-state index is -0.550. The molecule has 2 heterocycles. The molecule has 0 aromatic carbocycles. The van der Waals surface area contributed by atoms with Gasteiger partial charge in [0.2, 0.25) is 0 Å². The van der Waals surface area contributed by atoms with Gasteiger partial charge in [-0.3, -0.25) is 4.79 Å². The Morgan fingerprint density at radius 3 is 2.84 bits per heavy atom. The molecule has 2 aliphatic carbocycles. The summed E-state index contributed by atoms with van der Waals surface area (Å²) in [5, 5.41) is 10.6. The summed E-state index contributed by atoms with van der Waals surface area (Å²) in [5.74, 6) is 1.91. The minimum absolute atomic E-state index is 0.0663. The zero-order valence-electron chi connectivity index (χ0n) is 14.5. The standard InChI is InChI=1S/C20H26N2O3/c23-17(12-21-10-9-15-5-1-2-6-16(15)11-21)13-22-18-7-3-4-8-19(18)25-14-20(22)24/h1-2,5-8,15-17,23H,3-4,9-14H2. The average Bonchev–Trinajstić information content (AvgIpc) is 2.64. The van der Waals surface area contributed by atoms with Crippen LogP contribution in [0.4, 0.5) is 0 Å². The van der Waals surface area contributed by atoms with E-state index in [1.807, 2.05) is 12.2 Å².